The first-order valence-electron chi connectivity index (χ1n) is 5.67. The molecule has 14 heavy (non-hydrogen) atoms. The van der Waals surface area contributed by atoms with Crippen LogP contribution in [-0.4, -0.2) is 43.3 Å². The normalized spacial score (nSPS) is 38.1. The Morgan fingerprint density at radius 2 is 2.07 bits per heavy atom. The summed E-state index contributed by atoms with van der Waals surface area (Å²) in [6.07, 6.45) is 6.79. The number of nitrogens with zero attached hydrogens (tertiary/aromatic N) is 1. The van der Waals surface area contributed by atoms with Crippen LogP contribution >= 0.6 is 0 Å². The molecule has 0 radical (unpaired) electrons. The lowest BCUT2D eigenvalue weighted by Gasteiger charge is -2.56. The standard InChI is InChI=1S/C11H22N2O/c1-13(9-4-3-5-9)11(8-12)6-10(7-11)14-2/h9-10H,3-8,12H2,1-2H3. The fraction of sp³-hybridized carbons (Fsp3) is 1.00. The van der Waals surface area contributed by atoms with Crippen LogP contribution in [0.4, 0.5) is 0 Å². The Morgan fingerprint density at radius 3 is 2.43 bits per heavy atom. The van der Waals surface area contributed by atoms with E-state index in [0.29, 0.717) is 6.10 Å². The molecule has 2 fully saturated rings. The first-order chi connectivity index (χ1) is 6.72. The average molecular weight is 198 g/mol. The SMILES string of the molecule is COC1CC(CN)(N(C)C2CCC2)C1. The van der Waals surface area contributed by atoms with Crippen LogP contribution < -0.4 is 5.73 Å². The number of likely N-dealkylation sites (N-methyl/N-ethyl adjacent to an activating group) is 1. The molecule has 82 valence electrons. The second-order valence-corrected chi connectivity index (χ2v) is 4.89. The summed E-state index contributed by atoms with van der Waals surface area (Å²) in [5.41, 5.74) is 6.16. The maximum Gasteiger partial charge on any atom is 0.0607 e. The summed E-state index contributed by atoms with van der Waals surface area (Å²) >= 11 is 0. The molecule has 0 aromatic carbocycles. The van der Waals surface area contributed by atoms with Crippen LogP contribution in [0, 0.1) is 0 Å². The summed E-state index contributed by atoms with van der Waals surface area (Å²) in [6.45, 7) is 0.778. The van der Waals surface area contributed by atoms with Crippen LogP contribution in [0.5, 0.6) is 0 Å². The third-order valence-electron chi connectivity index (χ3n) is 4.30. The van der Waals surface area contributed by atoms with Crippen molar-refractivity contribution in [3.05, 3.63) is 0 Å². The van der Waals surface area contributed by atoms with E-state index in [9.17, 15) is 0 Å². The minimum Gasteiger partial charge on any atom is -0.381 e. The van der Waals surface area contributed by atoms with E-state index in [1.54, 1.807) is 7.11 Å². The largest absolute Gasteiger partial charge is 0.381 e. The van der Waals surface area contributed by atoms with Crippen LogP contribution in [0.1, 0.15) is 32.1 Å². The molecule has 0 aromatic heterocycles. The highest BCUT2D eigenvalue weighted by molar-refractivity contribution is 5.05. The summed E-state index contributed by atoms with van der Waals surface area (Å²) in [6, 6.07) is 0.788. The molecule has 0 bridgehead atoms. The smallest absolute Gasteiger partial charge is 0.0607 e. The predicted molar refractivity (Wildman–Crippen MR) is 57.2 cm³/mol. The lowest BCUT2D eigenvalue weighted by Crippen LogP contribution is -2.65. The van der Waals surface area contributed by atoms with Crippen LogP contribution in [0.2, 0.25) is 0 Å². The summed E-state index contributed by atoms with van der Waals surface area (Å²) in [5, 5.41) is 0. The number of rotatable bonds is 4. The molecule has 2 aliphatic rings. The quantitative estimate of drug-likeness (QED) is 0.731. The van der Waals surface area contributed by atoms with Gasteiger partial charge in [-0.2, -0.15) is 0 Å². The molecule has 3 heteroatoms. The summed E-state index contributed by atoms with van der Waals surface area (Å²) in [5.74, 6) is 0. The molecule has 0 amide bonds. The number of ether oxygens (including phenoxy) is 1. The molecule has 2 aliphatic carbocycles. The Labute approximate surface area is 86.6 Å². The summed E-state index contributed by atoms with van der Waals surface area (Å²) < 4.78 is 5.34. The van der Waals surface area contributed by atoms with Gasteiger partial charge in [0.25, 0.3) is 0 Å². The third-order valence-corrected chi connectivity index (χ3v) is 4.30. The maximum atomic E-state index is 5.91. The van der Waals surface area contributed by atoms with Gasteiger partial charge in [0.05, 0.1) is 6.10 Å². The van der Waals surface area contributed by atoms with Gasteiger partial charge < -0.3 is 10.5 Å². The predicted octanol–water partition coefficient (Wildman–Crippen LogP) is 0.977. The Hall–Kier alpha value is -0.120. The van der Waals surface area contributed by atoms with E-state index in [4.69, 9.17) is 10.5 Å². The van der Waals surface area contributed by atoms with Crippen LogP contribution in [0.3, 0.4) is 0 Å². The monoisotopic (exact) mass is 198 g/mol. The third kappa shape index (κ3) is 1.47. The van der Waals surface area contributed by atoms with E-state index >= 15 is 0 Å². The van der Waals surface area contributed by atoms with Gasteiger partial charge in [0.2, 0.25) is 0 Å². The Morgan fingerprint density at radius 1 is 1.43 bits per heavy atom. The van der Waals surface area contributed by atoms with Crippen molar-refractivity contribution in [3.8, 4) is 0 Å². The maximum absolute atomic E-state index is 5.91. The van der Waals surface area contributed by atoms with Gasteiger partial charge in [-0.15, -0.1) is 0 Å². The molecular weight excluding hydrogens is 176 g/mol. The highest BCUT2D eigenvalue weighted by atomic mass is 16.5. The minimum absolute atomic E-state index is 0.256. The van der Waals surface area contributed by atoms with E-state index in [0.717, 1.165) is 25.4 Å². The van der Waals surface area contributed by atoms with Gasteiger partial charge in [-0.3, -0.25) is 4.90 Å². The first kappa shape index (κ1) is 10.4. The zero-order valence-corrected chi connectivity index (χ0v) is 9.33. The molecule has 0 atom stereocenters. The van der Waals surface area contributed by atoms with E-state index in [2.05, 4.69) is 11.9 Å². The number of methoxy groups -OCH3 is 1. The zero-order valence-electron chi connectivity index (χ0n) is 9.33. The fourth-order valence-electron chi connectivity index (χ4n) is 2.71. The van der Waals surface area contributed by atoms with E-state index in [1.807, 2.05) is 0 Å². The van der Waals surface area contributed by atoms with Crippen molar-refractivity contribution in [2.75, 3.05) is 20.7 Å². The molecule has 0 heterocycles. The molecule has 3 nitrogen and oxygen atoms in total. The van der Waals surface area contributed by atoms with E-state index in [1.165, 1.54) is 19.3 Å². The molecule has 0 saturated heterocycles. The lowest BCUT2D eigenvalue weighted by atomic mass is 9.71. The summed E-state index contributed by atoms with van der Waals surface area (Å²) in [4.78, 5) is 2.52. The molecule has 2 rings (SSSR count). The fourth-order valence-corrected chi connectivity index (χ4v) is 2.71. The van der Waals surface area contributed by atoms with Crippen LogP contribution in [0.25, 0.3) is 0 Å². The first-order valence-corrected chi connectivity index (χ1v) is 5.67. The molecular formula is C11H22N2O. The van der Waals surface area contributed by atoms with E-state index in [-0.39, 0.29) is 5.54 Å². The van der Waals surface area contributed by atoms with Gasteiger partial charge in [-0.25, -0.2) is 0 Å². The van der Waals surface area contributed by atoms with Crippen molar-refractivity contribution in [2.45, 2.75) is 49.8 Å². The van der Waals surface area contributed by atoms with Gasteiger partial charge in [0.15, 0.2) is 0 Å². The summed E-state index contributed by atoms with van der Waals surface area (Å²) in [7, 11) is 4.04. The average Bonchev–Trinajstić information content (AvgIpc) is 2.00. The minimum atomic E-state index is 0.256. The number of hydrogen-bond acceptors (Lipinski definition) is 3. The van der Waals surface area contributed by atoms with Crippen LogP contribution in [-0.2, 0) is 4.74 Å². The molecule has 0 aromatic rings. The molecule has 0 aliphatic heterocycles. The highest BCUT2D eigenvalue weighted by Crippen LogP contribution is 2.42. The van der Waals surface area contributed by atoms with Gasteiger partial charge in [-0.1, -0.05) is 6.42 Å². The van der Waals surface area contributed by atoms with Gasteiger partial charge >= 0.3 is 0 Å². The van der Waals surface area contributed by atoms with Gasteiger partial charge in [0.1, 0.15) is 0 Å². The van der Waals surface area contributed by atoms with Gasteiger partial charge in [-0.05, 0) is 32.7 Å². The highest BCUT2D eigenvalue weighted by Gasteiger charge is 2.48. The zero-order chi connectivity index (χ0) is 10.2. The Kier molecular flexibility index (Phi) is 2.82. The van der Waals surface area contributed by atoms with Crippen molar-refractivity contribution < 1.29 is 4.74 Å². The molecule has 2 saturated carbocycles. The van der Waals surface area contributed by atoms with Crippen LogP contribution in [0.15, 0.2) is 0 Å². The Balaban J connectivity index is 1.92. The van der Waals surface area contributed by atoms with Crippen molar-refractivity contribution in [2.24, 2.45) is 5.73 Å². The van der Waals surface area contributed by atoms with Crippen molar-refractivity contribution >= 4 is 0 Å². The lowest BCUT2D eigenvalue weighted by molar-refractivity contribution is -0.102. The van der Waals surface area contributed by atoms with Crippen molar-refractivity contribution in [1.29, 1.82) is 0 Å². The van der Waals surface area contributed by atoms with Gasteiger partial charge in [0, 0.05) is 25.2 Å². The topological polar surface area (TPSA) is 38.5 Å². The van der Waals surface area contributed by atoms with Crippen molar-refractivity contribution in [3.63, 3.8) is 0 Å². The van der Waals surface area contributed by atoms with E-state index < -0.39 is 0 Å². The number of nitrogens with two attached hydrogens (primary N) is 1. The molecule has 0 unspecified atom stereocenters. The second kappa shape index (κ2) is 3.80. The molecule has 0 spiro atoms. The second-order valence-electron chi connectivity index (χ2n) is 4.89. The van der Waals surface area contributed by atoms with Crippen molar-refractivity contribution in [1.82, 2.24) is 4.90 Å². The Bertz CT molecular complexity index is 197. The molecule has 2 N–H and O–H groups in total. The number of hydrogen-bond donors (Lipinski definition) is 1.